The van der Waals surface area contributed by atoms with Gasteiger partial charge in [-0.2, -0.15) is 0 Å². The molecule has 0 saturated carbocycles. The summed E-state index contributed by atoms with van der Waals surface area (Å²) < 4.78 is 13.5. The highest BCUT2D eigenvalue weighted by atomic mass is 19.1. The van der Waals surface area contributed by atoms with Crippen LogP contribution < -0.4 is 11.1 Å². The first-order valence-corrected chi connectivity index (χ1v) is 5.00. The lowest BCUT2D eigenvalue weighted by Gasteiger charge is -2.04. The maximum Gasteiger partial charge on any atom is 0.254 e. The van der Waals surface area contributed by atoms with Gasteiger partial charge in [-0.05, 0) is 18.2 Å². The molecule has 0 unspecified atom stereocenters. The zero-order valence-corrected chi connectivity index (χ0v) is 9.37. The Balaban J connectivity index is 2.85. The van der Waals surface area contributed by atoms with E-state index < -0.39 is 17.6 Å². The van der Waals surface area contributed by atoms with Crippen LogP contribution in [0.25, 0.3) is 0 Å². The first-order chi connectivity index (χ1) is 8.54. The molecule has 0 atom stereocenters. The van der Waals surface area contributed by atoms with Crippen LogP contribution in [0.2, 0.25) is 0 Å². The number of aliphatic hydroxyl groups is 1. The number of carbonyl (C=O) groups excluding carboxylic acids is 2. The number of rotatable bonds is 3. The summed E-state index contributed by atoms with van der Waals surface area (Å²) in [5, 5.41) is 10.7. The molecule has 0 saturated heterocycles. The molecule has 4 N–H and O–H groups in total. The summed E-state index contributed by atoms with van der Waals surface area (Å²) in [5.74, 6) is 2.66. The lowest BCUT2D eigenvalue weighted by atomic mass is 10.1. The van der Waals surface area contributed by atoms with Crippen LogP contribution >= 0.6 is 0 Å². The summed E-state index contributed by atoms with van der Waals surface area (Å²) in [6.07, 6.45) is 0. The van der Waals surface area contributed by atoms with Crippen molar-refractivity contribution in [3.63, 3.8) is 0 Å². The van der Waals surface area contributed by atoms with Crippen molar-refractivity contribution in [3.8, 4) is 11.8 Å². The Bertz CT molecular complexity index is 532. The number of hydrogen-bond acceptors (Lipinski definition) is 3. The topological polar surface area (TPSA) is 92.4 Å². The molecule has 1 aromatic carbocycles. The molecule has 0 aromatic heterocycles. The number of primary amides is 1. The highest BCUT2D eigenvalue weighted by molar-refractivity contribution is 5.96. The summed E-state index contributed by atoms with van der Waals surface area (Å²) in [4.78, 5) is 21.9. The minimum Gasteiger partial charge on any atom is -0.384 e. The van der Waals surface area contributed by atoms with Crippen molar-refractivity contribution in [2.24, 2.45) is 5.73 Å². The largest absolute Gasteiger partial charge is 0.384 e. The number of nitrogens with one attached hydrogen (secondary N) is 1. The van der Waals surface area contributed by atoms with E-state index in [9.17, 15) is 14.0 Å². The molecule has 0 aliphatic carbocycles. The van der Waals surface area contributed by atoms with Crippen LogP contribution in [-0.2, 0) is 4.79 Å². The summed E-state index contributed by atoms with van der Waals surface area (Å²) in [6.45, 7) is -0.688. The van der Waals surface area contributed by atoms with Crippen LogP contribution in [0, 0.1) is 17.7 Å². The van der Waals surface area contributed by atoms with Gasteiger partial charge in [-0.25, -0.2) is 4.39 Å². The molecule has 0 spiro atoms. The van der Waals surface area contributed by atoms with E-state index in [0.717, 1.165) is 6.07 Å². The molecule has 0 heterocycles. The molecule has 0 bridgehead atoms. The van der Waals surface area contributed by atoms with Crippen molar-refractivity contribution in [1.82, 2.24) is 5.32 Å². The molecule has 0 fully saturated rings. The fourth-order valence-electron chi connectivity index (χ4n) is 1.18. The third-order valence-electron chi connectivity index (χ3n) is 1.95. The lowest BCUT2D eigenvalue weighted by Crippen LogP contribution is -2.33. The standard InChI is InChI=1S/C12H11FN2O3/c13-10-6-8(2-1-5-16)3-4-9(10)12(18)15-7-11(14)17/h3-4,6,16H,5,7H2,(H2,14,17)(H,15,18). The lowest BCUT2D eigenvalue weighted by molar-refractivity contribution is -0.117. The Morgan fingerprint density at radius 3 is 2.72 bits per heavy atom. The predicted molar refractivity (Wildman–Crippen MR) is 61.9 cm³/mol. The van der Waals surface area contributed by atoms with Crippen LogP contribution in [0.4, 0.5) is 4.39 Å². The Kier molecular flexibility index (Phi) is 4.84. The van der Waals surface area contributed by atoms with Crippen LogP contribution in [0.3, 0.4) is 0 Å². The zero-order chi connectivity index (χ0) is 13.5. The van der Waals surface area contributed by atoms with Gasteiger partial charge < -0.3 is 16.2 Å². The number of aliphatic hydroxyl groups excluding tert-OH is 1. The van der Waals surface area contributed by atoms with Crippen molar-refractivity contribution in [2.75, 3.05) is 13.2 Å². The molecule has 1 rings (SSSR count). The van der Waals surface area contributed by atoms with E-state index in [-0.39, 0.29) is 18.7 Å². The average Bonchev–Trinajstić information content (AvgIpc) is 2.33. The van der Waals surface area contributed by atoms with Crippen LogP contribution in [0.5, 0.6) is 0 Å². The Morgan fingerprint density at radius 1 is 1.44 bits per heavy atom. The molecule has 6 heteroatoms. The molecule has 94 valence electrons. The highest BCUT2D eigenvalue weighted by Gasteiger charge is 2.12. The summed E-state index contributed by atoms with van der Waals surface area (Å²) in [7, 11) is 0. The Labute approximate surface area is 103 Å². The number of halogens is 1. The van der Waals surface area contributed by atoms with Crippen LogP contribution in [0.15, 0.2) is 18.2 Å². The van der Waals surface area contributed by atoms with Crippen molar-refractivity contribution in [3.05, 3.63) is 35.1 Å². The van der Waals surface area contributed by atoms with E-state index in [1.54, 1.807) is 0 Å². The van der Waals surface area contributed by atoms with E-state index >= 15 is 0 Å². The van der Waals surface area contributed by atoms with E-state index in [0.29, 0.717) is 5.56 Å². The maximum absolute atomic E-state index is 13.5. The van der Waals surface area contributed by atoms with Crippen LogP contribution in [-0.4, -0.2) is 30.1 Å². The van der Waals surface area contributed by atoms with Crippen molar-refractivity contribution in [1.29, 1.82) is 0 Å². The second-order valence-corrected chi connectivity index (χ2v) is 3.30. The quantitative estimate of drug-likeness (QED) is 0.624. The molecule has 18 heavy (non-hydrogen) atoms. The number of carbonyl (C=O) groups is 2. The normalized spacial score (nSPS) is 9.22. The van der Waals surface area contributed by atoms with Crippen molar-refractivity contribution in [2.45, 2.75) is 0 Å². The average molecular weight is 250 g/mol. The molecule has 2 amide bonds. The Morgan fingerprint density at radius 2 is 2.17 bits per heavy atom. The summed E-state index contributed by atoms with van der Waals surface area (Å²) in [6, 6.07) is 3.75. The second-order valence-electron chi connectivity index (χ2n) is 3.30. The minimum absolute atomic E-state index is 0.203. The number of nitrogens with two attached hydrogens (primary N) is 1. The predicted octanol–water partition coefficient (Wildman–Crippen LogP) is -0.615. The smallest absolute Gasteiger partial charge is 0.254 e. The molecule has 1 aromatic rings. The highest BCUT2D eigenvalue weighted by Crippen LogP contribution is 2.09. The maximum atomic E-state index is 13.5. The third-order valence-corrected chi connectivity index (χ3v) is 1.95. The van der Waals surface area contributed by atoms with Gasteiger partial charge in [0.2, 0.25) is 5.91 Å². The van der Waals surface area contributed by atoms with Gasteiger partial charge in [0, 0.05) is 5.56 Å². The van der Waals surface area contributed by atoms with E-state index in [1.807, 2.05) is 0 Å². The van der Waals surface area contributed by atoms with Gasteiger partial charge in [0.15, 0.2) is 0 Å². The first-order valence-electron chi connectivity index (χ1n) is 5.00. The second kappa shape index (κ2) is 6.37. The fourth-order valence-corrected chi connectivity index (χ4v) is 1.18. The van der Waals surface area contributed by atoms with Gasteiger partial charge in [0.25, 0.3) is 5.91 Å². The van der Waals surface area contributed by atoms with Gasteiger partial charge in [-0.1, -0.05) is 11.8 Å². The molecule has 0 radical (unpaired) electrons. The fraction of sp³-hybridized carbons (Fsp3) is 0.167. The van der Waals surface area contributed by atoms with Crippen molar-refractivity contribution < 1.29 is 19.1 Å². The number of benzene rings is 1. The third kappa shape index (κ3) is 3.88. The van der Waals surface area contributed by atoms with Gasteiger partial charge in [-0.3, -0.25) is 9.59 Å². The van der Waals surface area contributed by atoms with E-state index in [1.165, 1.54) is 12.1 Å². The first kappa shape index (κ1) is 13.7. The molecule has 5 nitrogen and oxygen atoms in total. The van der Waals surface area contributed by atoms with Gasteiger partial charge >= 0.3 is 0 Å². The Hall–Kier alpha value is -2.39. The number of hydrogen-bond donors (Lipinski definition) is 3. The summed E-state index contributed by atoms with van der Waals surface area (Å²) >= 11 is 0. The van der Waals surface area contributed by atoms with Crippen molar-refractivity contribution >= 4 is 11.8 Å². The van der Waals surface area contributed by atoms with E-state index in [2.05, 4.69) is 17.2 Å². The molecular weight excluding hydrogens is 239 g/mol. The van der Waals surface area contributed by atoms with Gasteiger partial charge in [-0.15, -0.1) is 0 Å². The monoisotopic (exact) mass is 250 g/mol. The van der Waals surface area contributed by atoms with E-state index in [4.69, 9.17) is 10.8 Å². The summed E-state index contributed by atoms with van der Waals surface area (Å²) in [5.41, 5.74) is 4.98. The minimum atomic E-state index is -0.762. The SMILES string of the molecule is NC(=O)CNC(=O)c1ccc(C#CCO)cc1F. The van der Waals surface area contributed by atoms with Gasteiger partial charge in [0.05, 0.1) is 12.1 Å². The number of amides is 2. The zero-order valence-electron chi connectivity index (χ0n) is 9.37. The molecule has 0 aliphatic rings. The molecular formula is C12H11FN2O3. The molecule has 0 aliphatic heterocycles. The van der Waals surface area contributed by atoms with Crippen LogP contribution in [0.1, 0.15) is 15.9 Å². The van der Waals surface area contributed by atoms with Gasteiger partial charge in [0.1, 0.15) is 12.4 Å².